The Kier molecular flexibility index (Phi) is 6.03. The number of likely N-dealkylation sites (tertiary alicyclic amines) is 1. The largest absolute Gasteiger partial charge is 0.362 e. The van der Waals surface area contributed by atoms with E-state index in [2.05, 4.69) is 21.9 Å². The number of amides is 1. The van der Waals surface area contributed by atoms with Crippen LogP contribution in [0.1, 0.15) is 37.3 Å². The van der Waals surface area contributed by atoms with Crippen molar-refractivity contribution in [3.05, 3.63) is 75.9 Å². The van der Waals surface area contributed by atoms with Crippen LogP contribution in [0, 0.1) is 21.4 Å². The minimum absolute atomic E-state index is 0.0352. The molecule has 2 aromatic rings. The molecule has 1 amide bonds. The predicted octanol–water partition coefficient (Wildman–Crippen LogP) is 4.20. The van der Waals surface area contributed by atoms with Crippen LogP contribution in [0.5, 0.6) is 0 Å². The molecule has 0 N–H and O–H groups in total. The molecule has 1 fully saturated rings. The van der Waals surface area contributed by atoms with Crippen LogP contribution in [-0.2, 0) is 4.79 Å². The van der Waals surface area contributed by atoms with Crippen LogP contribution in [-0.4, -0.2) is 48.0 Å². The first-order chi connectivity index (χ1) is 16.6. The number of hydrogen-bond acceptors (Lipinski definition) is 6. The van der Waals surface area contributed by atoms with Crippen LogP contribution >= 0.6 is 0 Å². The fourth-order valence-electron chi connectivity index (χ4n) is 5.50. The van der Waals surface area contributed by atoms with E-state index in [-0.39, 0.29) is 29.3 Å². The van der Waals surface area contributed by atoms with Gasteiger partial charge in [-0.2, -0.15) is 5.26 Å². The minimum atomic E-state index is -0.458. The van der Waals surface area contributed by atoms with Crippen molar-refractivity contribution in [3.8, 4) is 6.07 Å². The average molecular weight is 458 g/mol. The van der Waals surface area contributed by atoms with Gasteiger partial charge in [-0.05, 0) is 63.2 Å². The summed E-state index contributed by atoms with van der Waals surface area (Å²) >= 11 is 0. The van der Waals surface area contributed by atoms with Crippen LogP contribution in [0.2, 0.25) is 0 Å². The van der Waals surface area contributed by atoms with Gasteiger partial charge in [0.1, 0.15) is 11.6 Å². The lowest BCUT2D eigenvalue weighted by molar-refractivity contribution is -0.384. The molecule has 0 bridgehead atoms. The van der Waals surface area contributed by atoms with Gasteiger partial charge in [0, 0.05) is 35.6 Å². The van der Waals surface area contributed by atoms with E-state index in [0.29, 0.717) is 5.69 Å². The second-order valence-corrected chi connectivity index (χ2v) is 9.08. The highest BCUT2D eigenvalue weighted by Gasteiger charge is 2.46. The number of para-hydroxylation sites is 1. The molecule has 174 valence electrons. The zero-order valence-electron chi connectivity index (χ0n) is 19.0. The Labute approximate surface area is 198 Å². The third-order valence-corrected chi connectivity index (χ3v) is 7.09. The number of nitro benzene ring substituents is 1. The molecule has 5 rings (SSSR count). The normalized spacial score (nSPS) is 22.1. The summed E-state index contributed by atoms with van der Waals surface area (Å²) < 4.78 is 0. The van der Waals surface area contributed by atoms with Crippen LogP contribution in [0.15, 0.2) is 60.2 Å². The van der Waals surface area contributed by atoms with Crippen molar-refractivity contribution in [3.63, 3.8) is 0 Å². The number of anilines is 2. The summed E-state index contributed by atoms with van der Waals surface area (Å²) in [5, 5.41) is 20.9. The highest BCUT2D eigenvalue weighted by Crippen LogP contribution is 2.47. The molecule has 3 aliphatic heterocycles. The van der Waals surface area contributed by atoms with Gasteiger partial charge in [0.25, 0.3) is 11.6 Å². The Morgan fingerprint density at radius 1 is 1.03 bits per heavy atom. The van der Waals surface area contributed by atoms with E-state index >= 15 is 0 Å². The standard InChI is InChI=1S/C26H27N5O3/c27-18-19-17-24-25(30(26(19)32)20-9-11-21(12-10-20)31(33)34)22-7-2-3-8-23(22)29(24)16-6-15-28-13-4-1-5-14-28/h2-3,7-12,17,24-25H,1,4-6,13-16H2. The Balaban J connectivity index is 1.47. The third-order valence-electron chi connectivity index (χ3n) is 7.09. The molecule has 8 nitrogen and oxygen atoms in total. The molecule has 3 heterocycles. The molecule has 0 aromatic heterocycles. The second-order valence-electron chi connectivity index (χ2n) is 9.08. The van der Waals surface area contributed by atoms with Crippen LogP contribution in [0.25, 0.3) is 0 Å². The monoisotopic (exact) mass is 457 g/mol. The first-order valence-electron chi connectivity index (χ1n) is 11.9. The Bertz CT molecular complexity index is 1160. The number of hydrogen-bond donors (Lipinski definition) is 0. The Hall–Kier alpha value is -3.70. The lowest BCUT2D eigenvalue weighted by Gasteiger charge is -2.38. The third kappa shape index (κ3) is 3.93. The number of nitrogens with zero attached hydrogens (tertiary/aromatic N) is 5. The zero-order chi connectivity index (χ0) is 23.7. The maximum absolute atomic E-state index is 13.3. The predicted molar refractivity (Wildman–Crippen MR) is 130 cm³/mol. The quantitative estimate of drug-likeness (QED) is 0.477. The summed E-state index contributed by atoms with van der Waals surface area (Å²) in [6, 6.07) is 15.7. The highest BCUT2D eigenvalue weighted by molar-refractivity contribution is 6.10. The van der Waals surface area contributed by atoms with Gasteiger partial charge in [0.05, 0.1) is 17.0 Å². The molecule has 0 aliphatic carbocycles. The van der Waals surface area contributed by atoms with Gasteiger partial charge in [-0.1, -0.05) is 24.6 Å². The van der Waals surface area contributed by atoms with Crippen LogP contribution in [0.3, 0.4) is 0 Å². The van der Waals surface area contributed by atoms with Crippen molar-refractivity contribution in [1.82, 2.24) is 4.90 Å². The number of piperidine rings is 1. The number of non-ortho nitro benzene ring substituents is 1. The fraction of sp³-hybridized carbons (Fsp3) is 0.385. The van der Waals surface area contributed by atoms with E-state index < -0.39 is 4.92 Å². The number of carbonyl (C=O) groups excluding carboxylic acids is 1. The van der Waals surface area contributed by atoms with Crippen molar-refractivity contribution < 1.29 is 9.72 Å². The summed E-state index contributed by atoms with van der Waals surface area (Å²) in [5.41, 5.74) is 2.73. The molecule has 8 heteroatoms. The molecular weight excluding hydrogens is 430 g/mol. The van der Waals surface area contributed by atoms with E-state index in [1.54, 1.807) is 23.1 Å². The topological polar surface area (TPSA) is 93.7 Å². The Morgan fingerprint density at radius 3 is 2.47 bits per heavy atom. The first-order valence-corrected chi connectivity index (χ1v) is 11.9. The maximum atomic E-state index is 13.3. The van der Waals surface area contributed by atoms with E-state index in [1.807, 2.05) is 18.2 Å². The number of carbonyl (C=O) groups is 1. The number of benzene rings is 2. The molecule has 0 radical (unpaired) electrons. The summed E-state index contributed by atoms with van der Waals surface area (Å²) in [6.07, 6.45) is 6.64. The van der Waals surface area contributed by atoms with Gasteiger partial charge < -0.3 is 9.80 Å². The van der Waals surface area contributed by atoms with Crippen molar-refractivity contribution in [2.75, 3.05) is 36.0 Å². The molecule has 0 saturated carbocycles. The van der Waals surface area contributed by atoms with E-state index in [4.69, 9.17) is 0 Å². The molecule has 0 spiro atoms. The Morgan fingerprint density at radius 2 is 1.76 bits per heavy atom. The van der Waals surface area contributed by atoms with Crippen molar-refractivity contribution >= 4 is 23.0 Å². The molecule has 2 aromatic carbocycles. The molecule has 1 saturated heterocycles. The van der Waals surface area contributed by atoms with Gasteiger partial charge in [0.15, 0.2) is 0 Å². The minimum Gasteiger partial charge on any atom is -0.362 e. The number of fused-ring (bicyclic) bond motifs is 3. The lowest BCUT2D eigenvalue weighted by Crippen LogP contribution is -2.48. The molecule has 3 aliphatic rings. The van der Waals surface area contributed by atoms with E-state index in [0.717, 1.165) is 43.9 Å². The average Bonchev–Trinajstić information content (AvgIpc) is 3.17. The smallest absolute Gasteiger partial charge is 0.269 e. The number of rotatable bonds is 6. The highest BCUT2D eigenvalue weighted by atomic mass is 16.6. The molecular formula is C26H27N5O3. The molecule has 2 unspecified atom stereocenters. The zero-order valence-corrected chi connectivity index (χ0v) is 19.0. The van der Waals surface area contributed by atoms with E-state index in [1.165, 1.54) is 31.4 Å². The fourth-order valence-corrected chi connectivity index (χ4v) is 5.50. The second kappa shape index (κ2) is 9.27. The first kappa shape index (κ1) is 22.1. The lowest BCUT2D eigenvalue weighted by atomic mass is 9.93. The van der Waals surface area contributed by atoms with Gasteiger partial charge in [-0.25, -0.2) is 0 Å². The van der Waals surface area contributed by atoms with Crippen molar-refractivity contribution in [1.29, 1.82) is 5.26 Å². The van der Waals surface area contributed by atoms with Gasteiger partial charge in [-0.15, -0.1) is 0 Å². The van der Waals surface area contributed by atoms with Crippen molar-refractivity contribution in [2.24, 2.45) is 0 Å². The van der Waals surface area contributed by atoms with Gasteiger partial charge >= 0.3 is 0 Å². The summed E-state index contributed by atoms with van der Waals surface area (Å²) in [7, 11) is 0. The number of nitriles is 1. The van der Waals surface area contributed by atoms with Crippen LogP contribution < -0.4 is 9.80 Å². The summed E-state index contributed by atoms with van der Waals surface area (Å²) in [6.45, 7) is 4.18. The summed E-state index contributed by atoms with van der Waals surface area (Å²) in [4.78, 5) is 30.5. The van der Waals surface area contributed by atoms with E-state index in [9.17, 15) is 20.2 Å². The molecule has 2 atom stereocenters. The maximum Gasteiger partial charge on any atom is 0.269 e. The number of nitro groups is 1. The van der Waals surface area contributed by atoms with Crippen LogP contribution in [0.4, 0.5) is 17.1 Å². The van der Waals surface area contributed by atoms with Gasteiger partial charge in [0.2, 0.25) is 0 Å². The summed E-state index contributed by atoms with van der Waals surface area (Å²) in [5.74, 6) is -0.373. The SMILES string of the molecule is N#CC1=CC2C(c3ccccc3N2CCCN2CCCCC2)N(c2ccc([N+](=O)[O-])cc2)C1=O. The van der Waals surface area contributed by atoms with Gasteiger partial charge in [-0.3, -0.25) is 19.8 Å². The molecule has 34 heavy (non-hydrogen) atoms. The van der Waals surface area contributed by atoms with Crippen molar-refractivity contribution in [2.45, 2.75) is 37.8 Å².